The number of carbonyl (C=O) groups excluding carboxylic acids is 2. The van der Waals surface area contributed by atoms with E-state index in [0.29, 0.717) is 11.1 Å². The summed E-state index contributed by atoms with van der Waals surface area (Å²) in [6.45, 7) is 3.71. The molecule has 0 N–H and O–H groups in total. The largest absolute Gasteiger partial charge is 0.465 e. The molecular weight excluding hydrogens is 318 g/mol. The number of benzene rings is 1. The third-order valence-corrected chi connectivity index (χ3v) is 5.98. The molecule has 0 atom stereocenters. The van der Waals surface area contributed by atoms with Crippen molar-refractivity contribution < 1.29 is 22.7 Å². The summed E-state index contributed by atoms with van der Waals surface area (Å²) in [5.74, 6) is -0.641. The summed E-state index contributed by atoms with van der Waals surface area (Å²) in [7, 11) is -2.31. The lowest BCUT2D eigenvalue weighted by atomic mass is 9.92. The lowest BCUT2D eigenvalue weighted by Gasteiger charge is -2.40. The topological polar surface area (TPSA) is 80.8 Å². The molecule has 1 heterocycles. The van der Waals surface area contributed by atoms with Gasteiger partial charge < -0.3 is 4.74 Å². The molecule has 0 amide bonds. The molecule has 2 rings (SSSR count). The normalized spacial score (nSPS) is 18.7. The van der Waals surface area contributed by atoms with Crippen molar-refractivity contribution in [1.82, 2.24) is 4.31 Å². The van der Waals surface area contributed by atoms with Crippen molar-refractivity contribution in [2.75, 3.05) is 13.7 Å². The molecule has 0 spiro atoms. The van der Waals surface area contributed by atoms with Crippen LogP contribution in [-0.4, -0.2) is 43.7 Å². The average Bonchev–Trinajstić information content (AvgIpc) is 2.44. The van der Waals surface area contributed by atoms with E-state index in [1.54, 1.807) is 32.0 Å². The molecule has 0 unspecified atom stereocenters. The Labute approximate surface area is 136 Å². The van der Waals surface area contributed by atoms with E-state index in [-0.39, 0.29) is 30.9 Å². The van der Waals surface area contributed by atoms with Crippen molar-refractivity contribution in [1.29, 1.82) is 0 Å². The van der Waals surface area contributed by atoms with Gasteiger partial charge in [0.1, 0.15) is 5.78 Å². The maximum atomic E-state index is 12.7. The van der Waals surface area contributed by atoms with Crippen LogP contribution in [0.1, 0.15) is 42.6 Å². The molecule has 1 saturated heterocycles. The molecule has 1 aliphatic rings. The molecule has 6 nitrogen and oxygen atoms in total. The number of esters is 1. The predicted octanol–water partition coefficient (Wildman–Crippen LogP) is 1.75. The lowest BCUT2D eigenvalue weighted by Crippen LogP contribution is -2.53. The zero-order valence-corrected chi connectivity index (χ0v) is 14.4. The monoisotopic (exact) mass is 339 g/mol. The number of carbonyl (C=O) groups is 2. The fourth-order valence-corrected chi connectivity index (χ4v) is 4.84. The number of methoxy groups -OCH3 is 1. The highest BCUT2D eigenvalue weighted by atomic mass is 32.2. The highest BCUT2D eigenvalue weighted by Crippen LogP contribution is 2.29. The van der Waals surface area contributed by atoms with Gasteiger partial charge in [0.25, 0.3) is 0 Å². The molecule has 1 aliphatic heterocycles. The summed E-state index contributed by atoms with van der Waals surface area (Å²) in [4.78, 5) is 23.1. The van der Waals surface area contributed by atoms with E-state index in [2.05, 4.69) is 4.74 Å². The Hall–Kier alpha value is -1.73. The van der Waals surface area contributed by atoms with Crippen molar-refractivity contribution in [3.8, 4) is 0 Å². The number of ether oxygens (including phenoxy) is 1. The molecule has 0 bridgehead atoms. The van der Waals surface area contributed by atoms with Gasteiger partial charge >= 0.3 is 5.97 Å². The van der Waals surface area contributed by atoms with Gasteiger partial charge in [-0.05, 0) is 31.5 Å². The van der Waals surface area contributed by atoms with Gasteiger partial charge in [-0.3, -0.25) is 4.79 Å². The number of sulfonamides is 1. The Morgan fingerprint density at radius 2 is 2.04 bits per heavy atom. The molecule has 0 radical (unpaired) electrons. The summed E-state index contributed by atoms with van der Waals surface area (Å²) in [6, 6.07) is 6.38. The number of nitrogens with zero attached hydrogens (tertiary/aromatic N) is 1. The first-order valence-electron chi connectivity index (χ1n) is 7.35. The number of hydrogen-bond acceptors (Lipinski definition) is 5. The second-order valence-corrected chi connectivity index (χ2v) is 8.19. The maximum absolute atomic E-state index is 12.7. The minimum absolute atomic E-state index is 0.0779. The number of rotatable bonds is 4. The van der Waals surface area contributed by atoms with Crippen molar-refractivity contribution >= 4 is 21.8 Å². The first kappa shape index (κ1) is 17.6. The Bertz CT molecular complexity index is 724. The SMILES string of the molecule is COC(=O)c1cccc(CS(=O)(=O)N2CCC(=O)CC2(C)C)c1. The summed E-state index contributed by atoms with van der Waals surface area (Å²) in [5.41, 5.74) is 0.0996. The van der Waals surface area contributed by atoms with Crippen molar-refractivity contribution in [3.05, 3.63) is 35.4 Å². The Morgan fingerprint density at radius 1 is 1.35 bits per heavy atom. The second-order valence-electron chi connectivity index (χ2n) is 6.30. The third kappa shape index (κ3) is 3.97. The maximum Gasteiger partial charge on any atom is 0.337 e. The van der Waals surface area contributed by atoms with E-state index in [9.17, 15) is 18.0 Å². The molecule has 7 heteroatoms. The zero-order chi connectivity index (χ0) is 17.3. The first-order valence-corrected chi connectivity index (χ1v) is 8.96. The molecular formula is C16H21NO5S. The van der Waals surface area contributed by atoms with Crippen LogP contribution in [0, 0.1) is 0 Å². The van der Waals surface area contributed by atoms with E-state index in [1.807, 2.05) is 0 Å². The molecule has 1 aromatic carbocycles. The van der Waals surface area contributed by atoms with Crippen molar-refractivity contribution in [2.45, 2.75) is 38.0 Å². The van der Waals surface area contributed by atoms with Gasteiger partial charge in [0.15, 0.2) is 0 Å². The van der Waals surface area contributed by atoms with Gasteiger partial charge in [-0.15, -0.1) is 0 Å². The van der Waals surface area contributed by atoms with Crippen LogP contribution in [-0.2, 0) is 25.3 Å². The van der Waals surface area contributed by atoms with Crippen LogP contribution in [0.25, 0.3) is 0 Å². The van der Waals surface area contributed by atoms with Gasteiger partial charge in [0, 0.05) is 24.9 Å². The summed E-state index contributed by atoms with van der Waals surface area (Å²) < 4.78 is 31.5. The van der Waals surface area contributed by atoms with E-state index in [1.165, 1.54) is 17.5 Å². The minimum Gasteiger partial charge on any atom is -0.465 e. The molecule has 23 heavy (non-hydrogen) atoms. The standard InChI is InChI=1S/C16H21NO5S/c1-16(2)10-14(18)7-8-17(16)23(20,21)11-12-5-4-6-13(9-12)15(19)22-3/h4-6,9H,7-8,10-11H2,1-3H3. The van der Waals surface area contributed by atoms with Crippen LogP contribution in [0.4, 0.5) is 0 Å². The molecule has 1 fully saturated rings. The Balaban J connectivity index is 2.25. The Kier molecular flexibility index (Phi) is 4.91. The van der Waals surface area contributed by atoms with Crippen LogP contribution < -0.4 is 0 Å². The fourth-order valence-electron chi connectivity index (χ4n) is 2.90. The molecule has 1 aromatic rings. The minimum atomic E-state index is -3.59. The molecule has 0 saturated carbocycles. The van der Waals surface area contributed by atoms with Crippen LogP contribution >= 0.6 is 0 Å². The average molecular weight is 339 g/mol. The number of hydrogen-bond donors (Lipinski definition) is 0. The van der Waals surface area contributed by atoms with Gasteiger partial charge in [-0.25, -0.2) is 13.2 Å². The number of ketones is 1. The molecule has 126 valence electrons. The first-order chi connectivity index (χ1) is 10.7. The summed E-state index contributed by atoms with van der Waals surface area (Å²) >= 11 is 0. The van der Waals surface area contributed by atoms with Crippen LogP contribution in [0.2, 0.25) is 0 Å². The second kappa shape index (κ2) is 6.41. The Morgan fingerprint density at radius 3 is 2.65 bits per heavy atom. The number of Topliss-reactive ketones (excluding diaryl/α,β-unsaturated/α-hetero) is 1. The highest BCUT2D eigenvalue weighted by molar-refractivity contribution is 7.88. The summed E-state index contributed by atoms with van der Waals surface area (Å²) in [5, 5.41) is 0. The third-order valence-electron chi connectivity index (χ3n) is 3.93. The molecule has 0 aromatic heterocycles. The number of piperidine rings is 1. The van der Waals surface area contributed by atoms with Crippen molar-refractivity contribution in [3.63, 3.8) is 0 Å². The van der Waals surface area contributed by atoms with E-state index in [0.717, 1.165) is 0 Å². The van der Waals surface area contributed by atoms with Gasteiger partial charge in [0.05, 0.1) is 18.4 Å². The molecule has 0 aliphatic carbocycles. The van der Waals surface area contributed by atoms with Crippen LogP contribution in [0.15, 0.2) is 24.3 Å². The summed E-state index contributed by atoms with van der Waals surface area (Å²) in [6.07, 6.45) is 0.458. The van der Waals surface area contributed by atoms with E-state index in [4.69, 9.17) is 0 Å². The van der Waals surface area contributed by atoms with Gasteiger partial charge in [0.2, 0.25) is 10.0 Å². The highest BCUT2D eigenvalue weighted by Gasteiger charge is 2.40. The quantitative estimate of drug-likeness (QED) is 0.781. The zero-order valence-electron chi connectivity index (χ0n) is 13.5. The fraction of sp³-hybridized carbons (Fsp3) is 0.500. The van der Waals surface area contributed by atoms with Gasteiger partial charge in [-0.1, -0.05) is 12.1 Å². The smallest absolute Gasteiger partial charge is 0.337 e. The lowest BCUT2D eigenvalue weighted by molar-refractivity contribution is -0.123. The van der Waals surface area contributed by atoms with E-state index >= 15 is 0 Å². The van der Waals surface area contributed by atoms with Gasteiger partial charge in [-0.2, -0.15) is 4.31 Å². The van der Waals surface area contributed by atoms with Crippen LogP contribution in [0.5, 0.6) is 0 Å². The van der Waals surface area contributed by atoms with E-state index < -0.39 is 21.5 Å². The predicted molar refractivity (Wildman–Crippen MR) is 85.4 cm³/mol. The van der Waals surface area contributed by atoms with Crippen molar-refractivity contribution in [2.24, 2.45) is 0 Å². The van der Waals surface area contributed by atoms with Crippen LogP contribution in [0.3, 0.4) is 0 Å².